The molecule has 0 bridgehead atoms. The fourth-order valence-corrected chi connectivity index (χ4v) is 4.24. The molecule has 0 aliphatic rings. The molecular weight excluding hydrogens is 507 g/mol. The number of nitrogens with one attached hydrogen (secondary N) is 2. The molecule has 0 aliphatic heterocycles. The molecule has 0 saturated heterocycles. The Morgan fingerprint density at radius 3 is 2.60 bits per heavy atom. The Labute approximate surface area is 233 Å². The lowest BCUT2D eigenvalue weighted by Crippen LogP contribution is -2.31. The number of urea groups is 1. The van der Waals surface area contributed by atoms with Gasteiger partial charge in [0.2, 0.25) is 0 Å². The molecule has 0 saturated carbocycles. The summed E-state index contributed by atoms with van der Waals surface area (Å²) in [6.07, 6.45) is 2.26. The van der Waals surface area contributed by atoms with Crippen LogP contribution in [-0.2, 0) is 6.54 Å². The van der Waals surface area contributed by atoms with Gasteiger partial charge in [-0.25, -0.2) is 14.2 Å². The van der Waals surface area contributed by atoms with Crippen molar-refractivity contribution in [3.63, 3.8) is 0 Å². The number of pyridine rings is 2. The van der Waals surface area contributed by atoms with Crippen LogP contribution < -0.4 is 20.3 Å². The number of carbonyl (C=O) groups excluding carboxylic acids is 1. The zero-order valence-corrected chi connectivity index (χ0v) is 23.4. The van der Waals surface area contributed by atoms with E-state index in [2.05, 4.69) is 26.6 Å². The topological polar surface area (TPSA) is 103 Å². The highest BCUT2D eigenvalue weighted by atomic mass is 19.1. The summed E-state index contributed by atoms with van der Waals surface area (Å²) in [5.41, 5.74) is 3.73. The summed E-state index contributed by atoms with van der Waals surface area (Å²) in [7, 11) is 3.63. The zero-order chi connectivity index (χ0) is 28.9. The number of aromatic nitrogens is 2. The van der Waals surface area contributed by atoms with Gasteiger partial charge in [0.1, 0.15) is 17.4 Å². The molecule has 2 aromatic heterocycles. The smallest absolute Gasteiger partial charge is 0.319 e. The zero-order valence-electron chi connectivity index (χ0n) is 23.4. The maximum atomic E-state index is 14.6. The average Bonchev–Trinajstić information content (AvgIpc) is 2.94. The molecule has 4 aromatic rings. The minimum Gasteiger partial charge on any atom is -0.497 e. The Kier molecular flexibility index (Phi) is 8.49. The quantitative estimate of drug-likeness (QED) is 0.253. The molecule has 2 aromatic carbocycles. The number of ether oxygens (including phenoxy) is 1. The maximum absolute atomic E-state index is 14.6. The predicted octanol–water partition coefficient (Wildman–Crippen LogP) is 6.45. The van der Waals surface area contributed by atoms with Gasteiger partial charge in [-0.05, 0) is 68.7 Å². The van der Waals surface area contributed by atoms with E-state index in [1.54, 1.807) is 39.3 Å². The van der Waals surface area contributed by atoms with Crippen molar-refractivity contribution in [3.8, 4) is 22.9 Å². The first-order valence-corrected chi connectivity index (χ1v) is 13.0. The fraction of sp³-hybridized carbons (Fsp3) is 0.290. The first-order chi connectivity index (χ1) is 19.1. The second-order valence-electron chi connectivity index (χ2n) is 10.4. The van der Waals surface area contributed by atoms with Gasteiger partial charge in [0.25, 0.3) is 0 Å². The van der Waals surface area contributed by atoms with Crippen LogP contribution in [0.2, 0.25) is 0 Å². The number of rotatable bonds is 9. The number of carbonyl (C=O) groups is 1. The van der Waals surface area contributed by atoms with Crippen molar-refractivity contribution in [1.29, 1.82) is 5.26 Å². The molecule has 9 heteroatoms. The number of nitriles is 1. The van der Waals surface area contributed by atoms with Gasteiger partial charge in [-0.3, -0.25) is 4.98 Å². The Morgan fingerprint density at radius 1 is 1.15 bits per heavy atom. The third-order valence-corrected chi connectivity index (χ3v) is 6.71. The number of benzene rings is 2. The maximum Gasteiger partial charge on any atom is 0.319 e. The predicted molar refractivity (Wildman–Crippen MR) is 156 cm³/mol. The molecule has 0 atom stereocenters. The second kappa shape index (κ2) is 12.0. The minimum absolute atomic E-state index is 0.0580. The van der Waals surface area contributed by atoms with Crippen LogP contribution in [-0.4, -0.2) is 36.7 Å². The molecule has 0 spiro atoms. The van der Waals surface area contributed by atoms with Gasteiger partial charge < -0.3 is 20.3 Å². The van der Waals surface area contributed by atoms with Crippen LogP contribution in [0.1, 0.15) is 31.5 Å². The first kappa shape index (κ1) is 28.3. The van der Waals surface area contributed by atoms with Gasteiger partial charge in [0, 0.05) is 49.0 Å². The number of hydrogen-bond acceptors (Lipinski definition) is 6. The van der Waals surface area contributed by atoms with Gasteiger partial charge in [-0.1, -0.05) is 18.2 Å². The van der Waals surface area contributed by atoms with E-state index >= 15 is 0 Å². The second-order valence-corrected chi connectivity index (χ2v) is 10.4. The SMILES string of the molecule is COc1ccc(CN(C)c2cc3nc(C)c(-c4ccc(F)c(NC(=O)NCCC(C)(C)C#N)c4)cc3cn2)cc1. The number of amides is 2. The van der Waals surface area contributed by atoms with Crippen molar-refractivity contribution >= 4 is 28.4 Å². The van der Waals surface area contributed by atoms with Gasteiger partial charge in [-0.2, -0.15) is 5.26 Å². The molecule has 0 fully saturated rings. The number of methoxy groups -OCH3 is 1. The van der Waals surface area contributed by atoms with Crippen molar-refractivity contribution in [2.75, 3.05) is 30.9 Å². The lowest BCUT2D eigenvalue weighted by atomic mass is 9.92. The van der Waals surface area contributed by atoms with Crippen molar-refractivity contribution in [3.05, 3.63) is 77.9 Å². The molecule has 0 aliphatic carbocycles. The summed E-state index contributed by atoms with van der Waals surface area (Å²) in [5, 5.41) is 15.2. The Balaban J connectivity index is 1.51. The van der Waals surface area contributed by atoms with E-state index in [-0.39, 0.29) is 5.69 Å². The summed E-state index contributed by atoms with van der Waals surface area (Å²) in [6, 6.07) is 18.1. The third kappa shape index (κ3) is 6.83. The molecule has 2 N–H and O–H groups in total. The van der Waals surface area contributed by atoms with Crippen LogP contribution >= 0.6 is 0 Å². The molecule has 8 nitrogen and oxygen atoms in total. The average molecular weight is 541 g/mol. The molecule has 0 unspecified atom stereocenters. The van der Waals surface area contributed by atoms with Crippen molar-refractivity contribution in [2.24, 2.45) is 5.41 Å². The number of nitrogens with zero attached hydrogens (tertiary/aromatic N) is 4. The number of hydrogen-bond donors (Lipinski definition) is 2. The molecule has 4 rings (SSSR count). The summed E-state index contributed by atoms with van der Waals surface area (Å²) in [5.74, 6) is 1.06. The van der Waals surface area contributed by atoms with Gasteiger partial charge in [0.05, 0.1) is 29.8 Å². The van der Waals surface area contributed by atoms with Crippen LogP contribution in [0.4, 0.5) is 20.7 Å². The first-order valence-electron chi connectivity index (χ1n) is 13.0. The summed E-state index contributed by atoms with van der Waals surface area (Å²) < 4.78 is 19.8. The lowest BCUT2D eigenvalue weighted by Gasteiger charge is -2.19. The normalized spacial score (nSPS) is 11.1. The number of halogens is 1. The standard InChI is InChI=1S/C31H33FN6O2/c1-20-25(22-8-11-26(32)28(15-22)37-30(39)34-13-12-31(2,3)19-33)14-23-17-35-29(16-27(23)36-20)38(4)18-21-6-9-24(40-5)10-7-21/h6-11,14-17H,12-13,18H2,1-5H3,(H2,34,37,39). The van der Waals surface area contributed by atoms with E-state index in [9.17, 15) is 9.18 Å². The van der Waals surface area contributed by atoms with E-state index < -0.39 is 17.3 Å². The minimum atomic E-state index is -0.555. The Hall–Kier alpha value is -4.71. The molecule has 0 radical (unpaired) electrons. The number of fused-ring (bicyclic) bond motifs is 1. The van der Waals surface area contributed by atoms with Crippen LogP contribution in [0, 0.1) is 29.5 Å². The van der Waals surface area contributed by atoms with E-state index in [1.807, 2.05) is 50.4 Å². The largest absolute Gasteiger partial charge is 0.497 e. The van der Waals surface area contributed by atoms with Gasteiger partial charge >= 0.3 is 6.03 Å². The monoisotopic (exact) mass is 540 g/mol. The van der Waals surface area contributed by atoms with Crippen LogP contribution in [0.15, 0.2) is 60.8 Å². The number of aryl methyl sites for hydroxylation is 1. The van der Waals surface area contributed by atoms with Crippen LogP contribution in [0.25, 0.3) is 22.0 Å². The number of anilines is 2. The van der Waals surface area contributed by atoms with E-state index in [4.69, 9.17) is 15.0 Å². The fourth-order valence-electron chi connectivity index (χ4n) is 4.24. The van der Waals surface area contributed by atoms with E-state index in [0.29, 0.717) is 19.5 Å². The van der Waals surface area contributed by atoms with Gasteiger partial charge in [-0.15, -0.1) is 0 Å². The van der Waals surface area contributed by atoms with Crippen LogP contribution in [0.3, 0.4) is 0 Å². The highest BCUT2D eigenvalue weighted by Crippen LogP contribution is 2.30. The molecular formula is C31H33FN6O2. The summed E-state index contributed by atoms with van der Waals surface area (Å²) in [6.45, 7) is 6.47. The van der Waals surface area contributed by atoms with Gasteiger partial charge in [0.15, 0.2) is 0 Å². The molecule has 40 heavy (non-hydrogen) atoms. The summed E-state index contributed by atoms with van der Waals surface area (Å²) >= 11 is 0. The third-order valence-electron chi connectivity index (χ3n) is 6.71. The van der Waals surface area contributed by atoms with Crippen LogP contribution in [0.5, 0.6) is 5.75 Å². The Bertz CT molecular complexity index is 1560. The van der Waals surface area contributed by atoms with E-state index in [1.165, 1.54) is 6.07 Å². The van der Waals surface area contributed by atoms with Crippen molar-refractivity contribution in [1.82, 2.24) is 15.3 Å². The lowest BCUT2D eigenvalue weighted by molar-refractivity contribution is 0.250. The highest BCUT2D eigenvalue weighted by Gasteiger charge is 2.17. The highest BCUT2D eigenvalue weighted by molar-refractivity contribution is 5.91. The Morgan fingerprint density at radius 2 is 1.90 bits per heavy atom. The molecule has 2 heterocycles. The molecule has 2 amide bonds. The molecule has 206 valence electrons. The summed E-state index contributed by atoms with van der Waals surface area (Å²) in [4.78, 5) is 23.9. The van der Waals surface area contributed by atoms with E-state index in [0.717, 1.165) is 44.9 Å². The van der Waals surface area contributed by atoms with Crippen molar-refractivity contribution < 1.29 is 13.9 Å². The van der Waals surface area contributed by atoms with Crippen molar-refractivity contribution in [2.45, 2.75) is 33.7 Å².